The molecule has 2 N–H and O–H groups in total. The molecule has 1 amide bonds. The number of nitrogens with one attached hydrogen (secondary N) is 1. The van der Waals surface area contributed by atoms with Crippen LogP contribution in [0.3, 0.4) is 0 Å². The molecule has 104 valence electrons. The van der Waals surface area contributed by atoms with Crippen LogP contribution in [0.4, 0.5) is 0 Å². The number of aryl methyl sites for hydroxylation is 1. The quantitative estimate of drug-likeness (QED) is 0.874. The Kier molecular flexibility index (Phi) is 3.89. The standard InChI is InChI=1S/C15H21NO2S/c17-13-7-3-2-6-12(13)16-15(18)11-9-19-14-8-4-1-5-10(11)14/h9,12-13,17H,1-8H2,(H,16,18)/t12-,13-/m1/s1. The van der Waals surface area contributed by atoms with Gasteiger partial charge in [-0.3, -0.25) is 4.79 Å². The first-order valence-corrected chi connectivity index (χ1v) is 8.22. The molecule has 2 aliphatic rings. The van der Waals surface area contributed by atoms with Crippen molar-refractivity contribution in [2.75, 3.05) is 0 Å². The molecule has 0 aliphatic heterocycles. The van der Waals surface area contributed by atoms with Gasteiger partial charge >= 0.3 is 0 Å². The van der Waals surface area contributed by atoms with Crippen LogP contribution in [-0.2, 0) is 12.8 Å². The number of carbonyl (C=O) groups excluding carboxylic acids is 1. The van der Waals surface area contributed by atoms with Crippen LogP contribution in [0.1, 0.15) is 59.3 Å². The maximum atomic E-state index is 12.4. The van der Waals surface area contributed by atoms with Gasteiger partial charge in [0.15, 0.2) is 0 Å². The third kappa shape index (κ3) is 2.70. The lowest BCUT2D eigenvalue weighted by atomic mass is 9.91. The topological polar surface area (TPSA) is 49.3 Å². The lowest BCUT2D eigenvalue weighted by molar-refractivity contribution is 0.0717. The molecule has 3 nitrogen and oxygen atoms in total. The summed E-state index contributed by atoms with van der Waals surface area (Å²) in [4.78, 5) is 13.8. The normalized spacial score (nSPS) is 26.8. The van der Waals surface area contributed by atoms with Crippen LogP contribution >= 0.6 is 11.3 Å². The van der Waals surface area contributed by atoms with Crippen LogP contribution < -0.4 is 5.32 Å². The minimum Gasteiger partial charge on any atom is -0.391 e. The summed E-state index contributed by atoms with van der Waals surface area (Å²) in [6, 6.07) is -0.0552. The molecule has 4 heteroatoms. The van der Waals surface area contributed by atoms with Gasteiger partial charge in [-0.2, -0.15) is 0 Å². The van der Waals surface area contributed by atoms with E-state index in [2.05, 4.69) is 5.32 Å². The molecule has 0 unspecified atom stereocenters. The molecule has 1 saturated carbocycles. The van der Waals surface area contributed by atoms with E-state index < -0.39 is 0 Å². The number of amides is 1. The zero-order chi connectivity index (χ0) is 13.2. The zero-order valence-corrected chi connectivity index (χ0v) is 12.0. The van der Waals surface area contributed by atoms with E-state index in [-0.39, 0.29) is 18.1 Å². The van der Waals surface area contributed by atoms with Crippen molar-refractivity contribution in [1.82, 2.24) is 5.32 Å². The number of aliphatic hydroxyl groups is 1. The minimum absolute atomic E-state index is 0.0188. The summed E-state index contributed by atoms with van der Waals surface area (Å²) in [6.45, 7) is 0. The molecule has 19 heavy (non-hydrogen) atoms. The molecule has 1 aromatic rings. The second-order valence-corrected chi connectivity index (χ2v) is 6.65. The van der Waals surface area contributed by atoms with Gasteiger partial charge in [-0.15, -0.1) is 11.3 Å². The van der Waals surface area contributed by atoms with E-state index in [1.54, 1.807) is 11.3 Å². The summed E-state index contributed by atoms with van der Waals surface area (Å²) in [5.74, 6) is 0.0188. The van der Waals surface area contributed by atoms with E-state index in [1.807, 2.05) is 5.38 Å². The van der Waals surface area contributed by atoms with Crippen molar-refractivity contribution in [3.8, 4) is 0 Å². The fourth-order valence-electron chi connectivity index (χ4n) is 3.21. The average Bonchev–Trinajstić information content (AvgIpc) is 2.85. The lowest BCUT2D eigenvalue weighted by Gasteiger charge is -2.28. The van der Waals surface area contributed by atoms with Gasteiger partial charge < -0.3 is 10.4 Å². The van der Waals surface area contributed by atoms with Crippen molar-refractivity contribution < 1.29 is 9.90 Å². The predicted molar refractivity (Wildman–Crippen MR) is 76.7 cm³/mol. The first-order valence-electron chi connectivity index (χ1n) is 7.34. The van der Waals surface area contributed by atoms with Crippen LogP contribution in [0.5, 0.6) is 0 Å². The van der Waals surface area contributed by atoms with Crippen LogP contribution in [0.25, 0.3) is 0 Å². The molecule has 0 saturated heterocycles. The summed E-state index contributed by atoms with van der Waals surface area (Å²) >= 11 is 1.72. The first kappa shape index (κ1) is 13.1. The van der Waals surface area contributed by atoms with E-state index in [4.69, 9.17) is 0 Å². The van der Waals surface area contributed by atoms with Crippen molar-refractivity contribution >= 4 is 17.2 Å². The highest BCUT2D eigenvalue weighted by Crippen LogP contribution is 2.30. The highest BCUT2D eigenvalue weighted by atomic mass is 32.1. The third-order valence-electron chi connectivity index (χ3n) is 4.35. The van der Waals surface area contributed by atoms with Gasteiger partial charge in [0.1, 0.15) is 0 Å². The Bertz CT molecular complexity index is 469. The largest absolute Gasteiger partial charge is 0.391 e. The van der Waals surface area contributed by atoms with Gasteiger partial charge in [0.25, 0.3) is 5.91 Å². The van der Waals surface area contributed by atoms with Gasteiger partial charge in [-0.05, 0) is 44.1 Å². The van der Waals surface area contributed by atoms with Crippen molar-refractivity contribution in [3.63, 3.8) is 0 Å². The van der Waals surface area contributed by atoms with E-state index in [0.717, 1.165) is 44.1 Å². The second-order valence-electron chi connectivity index (χ2n) is 5.69. The molecule has 1 fully saturated rings. The summed E-state index contributed by atoms with van der Waals surface area (Å²) in [6.07, 6.45) is 8.11. The van der Waals surface area contributed by atoms with Crippen LogP contribution in [0, 0.1) is 0 Å². The van der Waals surface area contributed by atoms with Crippen molar-refractivity contribution in [2.45, 2.75) is 63.5 Å². The monoisotopic (exact) mass is 279 g/mol. The van der Waals surface area contributed by atoms with E-state index in [9.17, 15) is 9.90 Å². The maximum Gasteiger partial charge on any atom is 0.252 e. The summed E-state index contributed by atoms with van der Waals surface area (Å²) in [5.41, 5.74) is 2.12. The molecule has 2 atom stereocenters. The molecule has 0 spiro atoms. The molecular weight excluding hydrogens is 258 g/mol. The fourth-order valence-corrected chi connectivity index (χ4v) is 4.34. The minimum atomic E-state index is -0.368. The number of thiophene rings is 1. The van der Waals surface area contributed by atoms with Crippen LogP contribution in [0.2, 0.25) is 0 Å². The van der Waals surface area contributed by atoms with Crippen molar-refractivity contribution in [2.24, 2.45) is 0 Å². The van der Waals surface area contributed by atoms with Crippen LogP contribution in [0.15, 0.2) is 5.38 Å². The Morgan fingerprint density at radius 3 is 2.84 bits per heavy atom. The number of hydrogen-bond donors (Lipinski definition) is 2. The number of hydrogen-bond acceptors (Lipinski definition) is 3. The van der Waals surface area contributed by atoms with Gasteiger partial charge in [-0.1, -0.05) is 12.8 Å². The summed E-state index contributed by atoms with van der Waals surface area (Å²) in [7, 11) is 0. The first-order chi connectivity index (χ1) is 9.25. The number of carbonyl (C=O) groups is 1. The highest BCUT2D eigenvalue weighted by Gasteiger charge is 2.27. The van der Waals surface area contributed by atoms with Gasteiger partial charge in [0.05, 0.1) is 17.7 Å². The van der Waals surface area contributed by atoms with Gasteiger partial charge in [0.2, 0.25) is 0 Å². The summed E-state index contributed by atoms with van der Waals surface area (Å²) < 4.78 is 0. The Morgan fingerprint density at radius 2 is 2.00 bits per heavy atom. The Morgan fingerprint density at radius 1 is 1.21 bits per heavy atom. The number of aliphatic hydroxyl groups excluding tert-OH is 1. The molecule has 2 aliphatic carbocycles. The molecule has 0 aromatic carbocycles. The van der Waals surface area contributed by atoms with Crippen LogP contribution in [-0.4, -0.2) is 23.2 Å². The Balaban J connectivity index is 1.71. The number of fused-ring (bicyclic) bond motifs is 1. The van der Waals surface area contributed by atoms with Gasteiger partial charge in [-0.25, -0.2) is 0 Å². The zero-order valence-electron chi connectivity index (χ0n) is 11.2. The SMILES string of the molecule is O=C(N[C@@H]1CCCC[C@H]1O)c1csc2c1CCCC2. The molecule has 0 radical (unpaired) electrons. The van der Waals surface area contributed by atoms with E-state index in [1.165, 1.54) is 23.3 Å². The van der Waals surface area contributed by atoms with Crippen molar-refractivity contribution in [3.05, 3.63) is 21.4 Å². The molecule has 1 heterocycles. The second kappa shape index (κ2) is 5.63. The lowest BCUT2D eigenvalue weighted by Crippen LogP contribution is -2.45. The molecule has 1 aromatic heterocycles. The smallest absolute Gasteiger partial charge is 0.252 e. The fraction of sp³-hybridized carbons (Fsp3) is 0.667. The third-order valence-corrected chi connectivity index (χ3v) is 5.44. The maximum absolute atomic E-state index is 12.4. The summed E-state index contributed by atoms with van der Waals surface area (Å²) in [5, 5.41) is 15.0. The Hall–Kier alpha value is -0.870. The molecule has 0 bridgehead atoms. The highest BCUT2D eigenvalue weighted by molar-refractivity contribution is 7.10. The average molecular weight is 279 g/mol. The molecule has 3 rings (SSSR count). The molecular formula is C15H21NO2S. The van der Waals surface area contributed by atoms with E-state index in [0.29, 0.717) is 0 Å². The van der Waals surface area contributed by atoms with Crippen molar-refractivity contribution in [1.29, 1.82) is 0 Å². The van der Waals surface area contributed by atoms with Gasteiger partial charge in [0, 0.05) is 10.3 Å². The predicted octanol–water partition coefficient (Wildman–Crippen LogP) is 2.66. The Labute approximate surface area is 118 Å². The van der Waals surface area contributed by atoms with E-state index >= 15 is 0 Å². The number of rotatable bonds is 2.